The van der Waals surface area contributed by atoms with E-state index in [0.717, 1.165) is 56.9 Å². The van der Waals surface area contributed by atoms with Crippen LogP contribution in [0.3, 0.4) is 0 Å². The first-order valence-corrected chi connectivity index (χ1v) is 13.9. The van der Waals surface area contributed by atoms with Gasteiger partial charge in [0.1, 0.15) is 5.78 Å². The first-order valence-electron chi connectivity index (χ1n) is 13.9. The highest BCUT2D eigenvalue weighted by atomic mass is 16.5. The Morgan fingerprint density at radius 2 is 1.89 bits per heavy atom. The van der Waals surface area contributed by atoms with E-state index in [1.54, 1.807) is 5.57 Å². The molecular formula is C31H48O4. The van der Waals surface area contributed by atoms with Crippen LogP contribution in [0.1, 0.15) is 99.3 Å². The van der Waals surface area contributed by atoms with Crippen LogP contribution in [0.25, 0.3) is 0 Å². The second-order valence-electron chi connectivity index (χ2n) is 13.5. The van der Waals surface area contributed by atoms with Gasteiger partial charge in [0, 0.05) is 11.8 Å². The van der Waals surface area contributed by atoms with Crippen LogP contribution in [0, 0.1) is 45.3 Å². The smallest absolute Gasteiger partial charge is 0.308 e. The van der Waals surface area contributed by atoms with Crippen molar-refractivity contribution in [3.63, 3.8) is 0 Å². The molecule has 3 saturated carbocycles. The molecular weight excluding hydrogens is 436 g/mol. The second kappa shape index (κ2) is 9.15. The van der Waals surface area contributed by atoms with Gasteiger partial charge in [0.05, 0.1) is 19.6 Å². The fraction of sp³-hybridized carbons (Fsp3) is 0.806. The SMILES string of the molecule is COC(=O)[C@@H](CC/C=C(/C)CO)[C@@H]1CC[C@]2(C)C3=CC[C@H]4C(C)(C)C(=O)CC[C@]4(C)[C@H]3CC[C@@]12C. The van der Waals surface area contributed by atoms with Crippen molar-refractivity contribution in [1.29, 1.82) is 0 Å². The van der Waals surface area contributed by atoms with E-state index in [0.29, 0.717) is 30.0 Å². The molecule has 0 spiro atoms. The van der Waals surface area contributed by atoms with Crippen molar-refractivity contribution in [2.75, 3.05) is 13.7 Å². The quantitative estimate of drug-likeness (QED) is 0.338. The normalized spacial score (nSPS) is 41.4. The summed E-state index contributed by atoms with van der Waals surface area (Å²) in [5.41, 5.74) is 2.68. The van der Waals surface area contributed by atoms with E-state index in [9.17, 15) is 14.7 Å². The maximum Gasteiger partial charge on any atom is 0.308 e. The molecule has 35 heavy (non-hydrogen) atoms. The molecule has 1 N–H and O–H groups in total. The third-order valence-corrected chi connectivity index (χ3v) is 11.9. The molecule has 0 aromatic rings. The zero-order valence-electron chi connectivity index (χ0n) is 23.2. The van der Waals surface area contributed by atoms with Crippen LogP contribution in [0.15, 0.2) is 23.3 Å². The lowest BCUT2D eigenvalue weighted by atomic mass is 9.41. The number of Topliss-reactive ketones (excluding diaryl/α,β-unsaturated/α-hetero) is 1. The molecule has 4 aliphatic rings. The molecule has 7 atom stereocenters. The summed E-state index contributed by atoms with van der Waals surface area (Å²) in [4.78, 5) is 25.9. The third-order valence-electron chi connectivity index (χ3n) is 11.9. The van der Waals surface area contributed by atoms with Crippen LogP contribution < -0.4 is 0 Å². The predicted molar refractivity (Wildman–Crippen MR) is 140 cm³/mol. The maximum absolute atomic E-state index is 13.1. The highest BCUT2D eigenvalue weighted by Crippen LogP contribution is 2.73. The van der Waals surface area contributed by atoms with Gasteiger partial charge in [-0.05, 0) is 92.3 Å². The Labute approximate surface area is 213 Å². The number of aliphatic hydroxyl groups is 1. The van der Waals surface area contributed by atoms with Crippen molar-refractivity contribution in [3.05, 3.63) is 23.3 Å². The molecule has 4 aliphatic carbocycles. The second-order valence-corrected chi connectivity index (χ2v) is 13.5. The van der Waals surface area contributed by atoms with Gasteiger partial charge in [-0.2, -0.15) is 0 Å². The standard InChI is InChI=1S/C31H48O4/c1-20(19-32)9-8-10-21(27(34)35-7)22-13-17-31(6)24-11-12-25-28(2,3)26(33)15-16-29(25,4)23(24)14-18-30(22,31)5/h9,11,21-23,25,32H,8,10,12-19H2,1-7H3/b20-9-/t21-,22-,23-,25-,29+,30-,31+/m0/s1. The van der Waals surface area contributed by atoms with Crippen LogP contribution in [-0.2, 0) is 14.3 Å². The zero-order valence-corrected chi connectivity index (χ0v) is 23.2. The zero-order chi connectivity index (χ0) is 25.8. The number of rotatable bonds is 6. The van der Waals surface area contributed by atoms with Crippen LogP contribution in [0.2, 0.25) is 0 Å². The molecule has 0 bridgehead atoms. The number of hydrogen-bond donors (Lipinski definition) is 1. The van der Waals surface area contributed by atoms with E-state index in [4.69, 9.17) is 4.74 Å². The van der Waals surface area contributed by atoms with E-state index in [-0.39, 0.29) is 40.2 Å². The van der Waals surface area contributed by atoms with Gasteiger partial charge in [-0.15, -0.1) is 0 Å². The number of fused-ring (bicyclic) bond motifs is 5. The molecule has 4 nitrogen and oxygen atoms in total. The van der Waals surface area contributed by atoms with Crippen LogP contribution in [0.5, 0.6) is 0 Å². The van der Waals surface area contributed by atoms with Gasteiger partial charge in [0.2, 0.25) is 0 Å². The van der Waals surface area contributed by atoms with Crippen LogP contribution in [0.4, 0.5) is 0 Å². The fourth-order valence-corrected chi connectivity index (χ4v) is 9.41. The lowest BCUT2D eigenvalue weighted by molar-refractivity contribution is -0.152. The van der Waals surface area contributed by atoms with E-state index in [2.05, 4.69) is 46.8 Å². The largest absolute Gasteiger partial charge is 0.469 e. The third kappa shape index (κ3) is 3.88. The Morgan fingerprint density at radius 1 is 1.17 bits per heavy atom. The average molecular weight is 485 g/mol. The van der Waals surface area contributed by atoms with Crippen molar-refractivity contribution in [2.24, 2.45) is 45.3 Å². The van der Waals surface area contributed by atoms with Gasteiger partial charge in [-0.3, -0.25) is 9.59 Å². The Morgan fingerprint density at radius 3 is 2.54 bits per heavy atom. The fourth-order valence-electron chi connectivity index (χ4n) is 9.41. The number of ketones is 1. The number of methoxy groups -OCH3 is 1. The Bertz CT molecular complexity index is 928. The van der Waals surface area contributed by atoms with Gasteiger partial charge in [-0.1, -0.05) is 57.9 Å². The van der Waals surface area contributed by atoms with Crippen molar-refractivity contribution in [1.82, 2.24) is 0 Å². The van der Waals surface area contributed by atoms with Crippen molar-refractivity contribution in [2.45, 2.75) is 99.3 Å². The number of hydrogen-bond acceptors (Lipinski definition) is 4. The molecule has 196 valence electrons. The predicted octanol–water partition coefficient (Wildman–Crippen LogP) is 6.67. The molecule has 0 amide bonds. The molecule has 0 aliphatic heterocycles. The lowest BCUT2D eigenvalue weighted by Crippen LogP contribution is -2.57. The van der Waals surface area contributed by atoms with Crippen LogP contribution in [-0.4, -0.2) is 30.6 Å². The minimum Gasteiger partial charge on any atom is -0.469 e. The molecule has 4 heteroatoms. The average Bonchev–Trinajstić information content (AvgIpc) is 3.10. The van der Waals surface area contributed by atoms with Gasteiger partial charge in [0.15, 0.2) is 0 Å². The summed E-state index contributed by atoms with van der Waals surface area (Å²) in [6.45, 7) is 13.8. The Kier molecular flexibility index (Phi) is 6.97. The summed E-state index contributed by atoms with van der Waals surface area (Å²) >= 11 is 0. The summed E-state index contributed by atoms with van der Waals surface area (Å²) in [7, 11) is 1.52. The van der Waals surface area contributed by atoms with Crippen LogP contribution >= 0.6 is 0 Å². The molecule has 0 unspecified atom stereocenters. The minimum absolute atomic E-state index is 0.0626. The van der Waals surface area contributed by atoms with Crippen molar-refractivity contribution >= 4 is 11.8 Å². The molecule has 0 heterocycles. The van der Waals surface area contributed by atoms with E-state index < -0.39 is 0 Å². The highest BCUT2D eigenvalue weighted by molar-refractivity contribution is 5.85. The van der Waals surface area contributed by atoms with Gasteiger partial charge < -0.3 is 9.84 Å². The minimum atomic E-state index is -0.245. The van der Waals surface area contributed by atoms with E-state index in [1.807, 2.05) is 6.92 Å². The number of ether oxygens (including phenoxy) is 1. The summed E-state index contributed by atoms with van der Waals surface area (Å²) in [6.07, 6.45) is 13.4. The highest BCUT2D eigenvalue weighted by Gasteiger charge is 2.66. The first kappa shape index (κ1) is 26.6. The van der Waals surface area contributed by atoms with Gasteiger partial charge in [0.25, 0.3) is 0 Å². The number of carbonyl (C=O) groups is 2. The van der Waals surface area contributed by atoms with E-state index >= 15 is 0 Å². The number of esters is 1. The lowest BCUT2D eigenvalue weighted by Gasteiger charge is -2.63. The van der Waals surface area contributed by atoms with Crippen molar-refractivity contribution in [3.8, 4) is 0 Å². The summed E-state index contributed by atoms with van der Waals surface area (Å²) < 4.78 is 5.34. The van der Waals surface area contributed by atoms with Gasteiger partial charge in [-0.25, -0.2) is 0 Å². The molecule has 0 radical (unpaired) electrons. The molecule has 0 saturated heterocycles. The summed E-state index contributed by atoms with van der Waals surface area (Å²) in [5.74, 6) is 1.52. The number of aliphatic hydroxyl groups excluding tert-OH is 1. The number of carbonyl (C=O) groups excluding carboxylic acids is 2. The maximum atomic E-state index is 13.1. The monoisotopic (exact) mass is 484 g/mol. The molecule has 0 aromatic heterocycles. The van der Waals surface area contributed by atoms with E-state index in [1.165, 1.54) is 7.11 Å². The summed E-state index contributed by atoms with van der Waals surface area (Å²) in [6, 6.07) is 0. The molecule has 3 fully saturated rings. The Hall–Kier alpha value is -1.42. The molecule has 0 aromatic carbocycles. The molecule has 4 rings (SSSR count). The number of allylic oxidation sites excluding steroid dienone is 3. The van der Waals surface area contributed by atoms with Crippen molar-refractivity contribution < 1.29 is 19.4 Å². The summed E-state index contributed by atoms with van der Waals surface area (Å²) in [5, 5.41) is 9.37. The first-order chi connectivity index (χ1) is 16.4. The Balaban J connectivity index is 1.66. The topological polar surface area (TPSA) is 63.6 Å². The van der Waals surface area contributed by atoms with Gasteiger partial charge >= 0.3 is 5.97 Å².